The number of nitrogens with one attached hydrogen (secondary N) is 1. The molecule has 0 fully saturated rings. The maximum Gasteiger partial charge on any atom is 0.222 e. The van der Waals surface area contributed by atoms with Crippen molar-refractivity contribution in [2.24, 2.45) is 0 Å². The molecule has 0 bridgehead atoms. The first kappa shape index (κ1) is 21.9. The van der Waals surface area contributed by atoms with Gasteiger partial charge in [0.2, 0.25) is 5.91 Å². The second-order valence-electron chi connectivity index (χ2n) is 6.43. The third-order valence-corrected chi connectivity index (χ3v) is 5.10. The van der Waals surface area contributed by atoms with Crippen LogP contribution in [0, 0.1) is 5.82 Å². The minimum Gasteiger partial charge on any atom is -0.354 e. The van der Waals surface area contributed by atoms with Crippen LogP contribution in [0.4, 0.5) is 10.2 Å². The highest BCUT2D eigenvalue weighted by Gasteiger charge is 2.22. The predicted molar refractivity (Wildman–Crippen MR) is 115 cm³/mol. The van der Waals surface area contributed by atoms with Gasteiger partial charge in [0, 0.05) is 38.5 Å². The summed E-state index contributed by atoms with van der Waals surface area (Å²) in [5.41, 5.74) is 3.04. The zero-order chi connectivity index (χ0) is 21.7. The number of aromatic nitrogens is 3. The van der Waals surface area contributed by atoms with Crippen molar-refractivity contribution < 1.29 is 18.7 Å². The number of amides is 1. The molecule has 0 atom stereocenters. The van der Waals surface area contributed by atoms with E-state index in [0.717, 1.165) is 22.0 Å². The molecule has 2 heterocycles. The average molecular weight is 431 g/mol. The number of rotatable bonds is 8. The van der Waals surface area contributed by atoms with Crippen LogP contribution in [0.2, 0.25) is 0 Å². The summed E-state index contributed by atoms with van der Waals surface area (Å²) in [5, 5.41) is 3.45. The summed E-state index contributed by atoms with van der Waals surface area (Å²) in [6, 6.07) is 9.80. The minimum atomic E-state index is -0.485. The molecule has 0 saturated carbocycles. The van der Waals surface area contributed by atoms with Gasteiger partial charge in [-0.25, -0.2) is 14.4 Å². The van der Waals surface area contributed by atoms with Crippen molar-refractivity contribution in [3.05, 3.63) is 48.4 Å². The van der Waals surface area contributed by atoms with Crippen LogP contribution in [0.1, 0.15) is 6.92 Å². The number of methoxy groups -OCH3 is 2. The number of hydrogen-bond donors (Lipinski definition) is 1. The molecule has 0 aliphatic carbocycles. The number of anilines is 1. The topological polar surface area (TPSA) is 78.3 Å². The van der Waals surface area contributed by atoms with Crippen molar-refractivity contribution in [3.8, 4) is 22.5 Å². The number of thioether (sulfide) groups is 1. The van der Waals surface area contributed by atoms with Gasteiger partial charge in [-0.3, -0.25) is 4.79 Å². The summed E-state index contributed by atoms with van der Waals surface area (Å²) in [5.74, 6) is -0.102. The van der Waals surface area contributed by atoms with E-state index in [9.17, 15) is 9.18 Å². The van der Waals surface area contributed by atoms with Crippen LogP contribution in [0.5, 0.6) is 0 Å². The van der Waals surface area contributed by atoms with E-state index >= 15 is 0 Å². The number of benzene rings is 1. The fourth-order valence-corrected chi connectivity index (χ4v) is 3.65. The summed E-state index contributed by atoms with van der Waals surface area (Å²) < 4.78 is 26.3. The van der Waals surface area contributed by atoms with E-state index in [4.69, 9.17) is 14.5 Å². The van der Waals surface area contributed by atoms with E-state index < -0.39 is 6.29 Å². The molecule has 0 spiro atoms. The second-order valence-corrected chi connectivity index (χ2v) is 7.20. The molecule has 2 aromatic heterocycles. The Morgan fingerprint density at radius 1 is 1.20 bits per heavy atom. The molecule has 3 aromatic rings. The van der Waals surface area contributed by atoms with Crippen LogP contribution >= 0.6 is 11.8 Å². The molecule has 30 heavy (non-hydrogen) atoms. The number of ether oxygens (including phenoxy) is 2. The van der Waals surface area contributed by atoms with Crippen LogP contribution in [-0.4, -0.2) is 47.2 Å². The van der Waals surface area contributed by atoms with E-state index in [1.54, 1.807) is 38.6 Å². The number of carbonyl (C=O) groups is 1. The van der Waals surface area contributed by atoms with E-state index in [1.165, 1.54) is 30.8 Å². The quantitative estimate of drug-likeness (QED) is 0.429. The maximum atomic E-state index is 13.5. The van der Waals surface area contributed by atoms with Crippen LogP contribution in [-0.2, 0) is 20.8 Å². The van der Waals surface area contributed by atoms with Crippen molar-refractivity contribution in [3.63, 3.8) is 0 Å². The molecular weight excluding hydrogens is 407 g/mol. The van der Waals surface area contributed by atoms with Crippen molar-refractivity contribution in [1.29, 1.82) is 0 Å². The third-order valence-electron chi connectivity index (χ3n) is 4.43. The van der Waals surface area contributed by atoms with Crippen molar-refractivity contribution in [2.45, 2.75) is 24.9 Å². The summed E-state index contributed by atoms with van der Waals surface area (Å²) in [6.07, 6.45) is 3.07. The van der Waals surface area contributed by atoms with Crippen molar-refractivity contribution in [1.82, 2.24) is 14.5 Å². The summed E-state index contributed by atoms with van der Waals surface area (Å²) in [7, 11) is 3.15. The zero-order valence-corrected chi connectivity index (χ0v) is 18.0. The van der Waals surface area contributed by atoms with Gasteiger partial charge in [-0.05, 0) is 42.7 Å². The van der Waals surface area contributed by atoms with Gasteiger partial charge in [-0.1, -0.05) is 11.8 Å². The molecule has 1 aromatic carbocycles. The largest absolute Gasteiger partial charge is 0.354 e. The Morgan fingerprint density at radius 3 is 2.50 bits per heavy atom. The highest BCUT2D eigenvalue weighted by Crippen LogP contribution is 2.36. The Morgan fingerprint density at radius 2 is 1.90 bits per heavy atom. The predicted octanol–water partition coefficient (Wildman–Crippen LogP) is 4.05. The van der Waals surface area contributed by atoms with E-state index in [1.807, 2.05) is 16.9 Å². The van der Waals surface area contributed by atoms with Gasteiger partial charge in [0.05, 0.1) is 17.9 Å². The summed E-state index contributed by atoms with van der Waals surface area (Å²) in [4.78, 5) is 20.5. The number of hydrogen-bond acceptors (Lipinski definition) is 6. The number of imidazole rings is 1. The Kier molecular flexibility index (Phi) is 7.20. The fourth-order valence-electron chi connectivity index (χ4n) is 3.08. The summed E-state index contributed by atoms with van der Waals surface area (Å²) in [6.45, 7) is 1.82. The molecule has 0 saturated heterocycles. The lowest BCUT2D eigenvalue weighted by Gasteiger charge is -2.18. The highest BCUT2D eigenvalue weighted by atomic mass is 32.2. The van der Waals surface area contributed by atoms with Gasteiger partial charge in [0.15, 0.2) is 11.4 Å². The normalized spacial score (nSPS) is 11.1. The second kappa shape index (κ2) is 9.84. The Bertz CT molecular complexity index is 1020. The van der Waals surface area contributed by atoms with Crippen LogP contribution < -0.4 is 5.32 Å². The molecule has 9 heteroatoms. The smallest absolute Gasteiger partial charge is 0.222 e. The fraction of sp³-hybridized carbons (Fsp3) is 0.286. The number of pyridine rings is 1. The van der Waals surface area contributed by atoms with Gasteiger partial charge in [-0.15, -0.1) is 0 Å². The van der Waals surface area contributed by atoms with E-state index in [2.05, 4.69) is 10.3 Å². The van der Waals surface area contributed by atoms with Crippen LogP contribution in [0.3, 0.4) is 0 Å². The first-order valence-electron chi connectivity index (χ1n) is 9.16. The molecule has 1 amide bonds. The highest BCUT2D eigenvalue weighted by molar-refractivity contribution is 7.98. The molecule has 0 aliphatic heterocycles. The van der Waals surface area contributed by atoms with Crippen molar-refractivity contribution in [2.75, 3.05) is 25.8 Å². The van der Waals surface area contributed by atoms with E-state index in [0.29, 0.717) is 18.1 Å². The Hall–Kier alpha value is -2.75. The van der Waals surface area contributed by atoms with Gasteiger partial charge < -0.3 is 19.4 Å². The molecule has 3 rings (SSSR count). The maximum absolute atomic E-state index is 13.5. The molecule has 0 aliphatic rings. The van der Waals surface area contributed by atoms with Crippen LogP contribution in [0.15, 0.2) is 47.8 Å². The van der Waals surface area contributed by atoms with E-state index in [-0.39, 0.29) is 11.7 Å². The molecule has 158 valence electrons. The lowest BCUT2D eigenvalue weighted by Crippen LogP contribution is -2.21. The van der Waals surface area contributed by atoms with Crippen LogP contribution in [0.25, 0.3) is 22.5 Å². The van der Waals surface area contributed by atoms with Gasteiger partial charge >= 0.3 is 0 Å². The lowest BCUT2D eigenvalue weighted by atomic mass is 10.1. The monoisotopic (exact) mass is 430 g/mol. The Labute approximate surface area is 178 Å². The number of halogens is 1. The summed E-state index contributed by atoms with van der Waals surface area (Å²) >= 11 is 1.48. The molecule has 7 nitrogen and oxygen atoms in total. The SMILES string of the molecule is COC(Cn1c(SC)nc(-c2ccc(F)cc2)c1-c1ccnc(NC(C)=O)c1)OC. The molecule has 1 N–H and O–H groups in total. The van der Waals surface area contributed by atoms with Gasteiger partial charge in [-0.2, -0.15) is 0 Å². The number of nitrogens with zero attached hydrogens (tertiary/aromatic N) is 3. The third kappa shape index (κ3) is 4.86. The molecule has 0 unspecified atom stereocenters. The number of carbonyl (C=O) groups excluding carboxylic acids is 1. The molecular formula is C21H23FN4O3S. The minimum absolute atomic E-state index is 0.212. The standard InChI is InChI=1S/C21H23FN4O3S/c1-13(27)24-17-11-15(9-10-23-17)20-19(14-5-7-16(22)8-6-14)25-21(30-4)26(20)12-18(28-2)29-3/h5-11,18H,12H2,1-4H3,(H,23,24,27). The first-order chi connectivity index (χ1) is 14.5. The van der Waals surface area contributed by atoms with Gasteiger partial charge in [0.1, 0.15) is 11.6 Å². The lowest BCUT2D eigenvalue weighted by molar-refractivity contribution is -0.114. The zero-order valence-electron chi connectivity index (χ0n) is 17.2. The van der Waals surface area contributed by atoms with Gasteiger partial charge in [0.25, 0.3) is 0 Å². The molecule has 0 radical (unpaired) electrons. The first-order valence-corrected chi connectivity index (χ1v) is 10.4. The average Bonchev–Trinajstić information content (AvgIpc) is 3.10. The van der Waals surface area contributed by atoms with Crippen molar-refractivity contribution >= 4 is 23.5 Å². The Balaban J connectivity index is 2.22.